The smallest absolute Gasteiger partial charge is 0.295 e. The van der Waals surface area contributed by atoms with Crippen molar-refractivity contribution in [2.75, 3.05) is 6.54 Å². The minimum atomic E-state index is -0.369. The SMILES string of the molecule is NCCCc1ccc2sc(=S)[nH]c2c1N=NC(=O)c1ccccc1. The molecular weight excluding hydrogens is 340 g/mol. The number of carbonyl (C=O) groups is 1. The van der Waals surface area contributed by atoms with Crippen molar-refractivity contribution >= 4 is 45.4 Å². The fraction of sp³-hybridized carbons (Fsp3) is 0.176. The summed E-state index contributed by atoms with van der Waals surface area (Å²) >= 11 is 6.70. The average Bonchev–Trinajstić information content (AvgIpc) is 2.99. The van der Waals surface area contributed by atoms with Crippen LogP contribution >= 0.6 is 23.6 Å². The van der Waals surface area contributed by atoms with Gasteiger partial charge in [-0.3, -0.25) is 4.79 Å². The molecule has 3 rings (SSSR count). The van der Waals surface area contributed by atoms with E-state index in [-0.39, 0.29) is 5.91 Å². The third kappa shape index (κ3) is 3.64. The number of aryl methyl sites for hydroxylation is 1. The molecule has 0 atom stereocenters. The number of aromatic amines is 1. The highest BCUT2D eigenvalue weighted by Crippen LogP contribution is 2.33. The number of carbonyl (C=O) groups excluding carboxylic acids is 1. The molecule has 1 amide bonds. The number of aromatic nitrogens is 1. The third-order valence-electron chi connectivity index (χ3n) is 3.56. The molecule has 0 fully saturated rings. The first kappa shape index (κ1) is 16.6. The largest absolute Gasteiger partial charge is 0.335 e. The quantitative estimate of drug-likeness (QED) is 0.510. The monoisotopic (exact) mass is 356 g/mol. The van der Waals surface area contributed by atoms with Gasteiger partial charge in [-0.25, -0.2) is 0 Å². The van der Waals surface area contributed by atoms with E-state index in [1.54, 1.807) is 24.3 Å². The van der Waals surface area contributed by atoms with Gasteiger partial charge < -0.3 is 10.7 Å². The summed E-state index contributed by atoms with van der Waals surface area (Å²) in [4.78, 5) is 15.3. The highest BCUT2D eigenvalue weighted by Gasteiger charge is 2.11. The zero-order valence-corrected chi connectivity index (χ0v) is 14.5. The number of azo groups is 1. The van der Waals surface area contributed by atoms with Crippen molar-refractivity contribution in [3.05, 3.63) is 57.5 Å². The highest BCUT2D eigenvalue weighted by atomic mass is 32.1. The summed E-state index contributed by atoms with van der Waals surface area (Å²) in [5.74, 6) is -0.369. The van der Waals surface area contributed by atoms with Crippen LogP contribution in [0.1, 0.15) is 22.3 Å². The average molecular weight is 356 g/mol. The van der Waals surface area contributed by atoms with E-state index in [1.165, 1.54) is 11.3 Å². The number of fused-ring (bicyclic) bond motifs is 1. The number of benzene rings is 2. The summed E-state index contributed by atoms with van der Waals surface area (Å²) in [7, 11) is 0. The van der Waals surface area contributed by atoms with E-state index in [4.69, 9.17) is 18.0 Å². The Labute approximate surface area is 148 Å². The van der Waals surface area contributed by atoms with Crippen LogP contribution in [0.2, 0.25) is 0 Å². The maximum absolute atomic E-state index is 12.2. The molecule has 122 valence electrons. The molecule has 0 aliphatic carbocycles. The Balaban J connectivity index is 2.01. The van der Waals surface area contributed by atoms with Gasteiger partial charge in [0, 0.05) is 5.56 Å². The van der Waals surface area contributed by atoms with Crippen LogP contribution in [0.15, 0.2) is 52.7 Å². The third-order valence-corrected chi connectivity index (χ3v) is 4.76. The molecule has 2 aromatic carbocycles. The lowest BCUT2D eigenvalue weighted by molar-refractivity contribution is 0.0995. The molecule has 1 heterocycles. The number of nitrogens with zero attached hydrogens (tertiary/aromatic N) is 2. The molecule has 3 aromatic rings. The fourth-order valence-corrected chi connectivity index (χ4v) is 3.50. The number of H-pyrrole nitrogens is 1. The van der Waals surface area contributed by atoms with Crippen LogP contribution < -0.4 is 5.73 Å². The number of nitrogens with one attached hydrogen (secondary N) is 1. The predicted molar refractivity (Wildman–Crippen MR) is 99.7 cm³/mol. The normalized spacial score (nSPS) is 11.4. The second-order valence-corrected chi connectivity index (χ2v) is 6.94. The van der Waals surface area contributed by atoms with E-state index >= 15 is 0 Å². The van der Waals surface area contributed by atoms with E-state index in [0.717, 1.165) is 28.6 Å². The molecule has 0 radical (unpaired) electrons. The topological polar surface area (TPSA) is 83.6 Å². The first-order valence-electron chi connectivity index (χ1n) is 7.55. The molecule has 0 spiro atoms. The van der Waals surface area contributed by atoms with E-state index in [2.05, 4.69) is 15.2 Å². The van der Waals surface area contributed by atoms with Gasteiger partial charge in [0.2, 0.25) is 0 Å². The molecule has 3 N–H and O–H groups in total. The van der Waals surface area contributed by atoms with Gasteiger partial charge in [-0.15, -0.1) is 21.6 Å². The van der Waals surface area contributed by atoms with Crippen molar-refractivity contribution in [2.24, 2.45) is 16.0 Å². The zero-order valence-electron chi connectivity index (χ0n) is 12.9. The van der Waals surface area contributed by atoms with Gasteiger partial charge in [-0.2, -0.15) is 0 Å². The van der Waals surface area contributed by atoms with Gasteiger partial charge in [-0.05, 0) is 55.4 Å². The number of hydrogen-bond acceptors (Lipinski definition) is 5. The van der Waals surface area contributed by atoms with Gasteiger partial charge in [0.1, 0.15) is 5.69 Å². The summed E-state index contributed by atoms with van der Waals surface area (Å²) in [5, 5.41) is 8.14. The molecule has 0 saturated carbocycles. The van der Waals surface area contributed by atoms with Gasteiger partial charge in [0.05, 0.1) is 10.2 Å². The molecule has 0 saturated heterocycles. The fourth-order valence-electron chi connectivity index (χ4n) is 2.39. The maximum Gasteiger partial charge on any atom is 0.295 e. The Hall–Kier alpha value is -2.22. The summed E-state index contributed by atoms with van der Waals surface area (Å²) in [5.41, 5.74) is 8.61. The summed E-state index contributed by atoms with van der Waals surface area (Å²) in [6.07, 6.45) is 1.61. The Morgan fingerprint density at radius 1 is 1.21 bits per heavy atom. The van der Waals surface area contributed by atoms with Crippen molar-refractivity contribution in [3.8, 4) is 0 Å². The molecule has 7 heteroatoms. The lowest BCUT2D eigenvalue weighted by Crippen LogP contribution is -2.00. The second kappa shape index (κ2) is 7.57. The Morgan fingerprint density at radius 2 is 2.00 bits per heavy atom. The highest BCUT2D eigenvalue weighted by molar-refractivity contribution is 7.73. The van der Waals surface area contributed by atoms with Gasteiger partial charge in [0.25, 0.3) is 5.91 Å². The van der Waals surface area contributed by atoms with Crippen LogP contribution in [-0.4, -0.2) is 17.4 Å². The summed E-state index contributed by atoms with van der Waals surface area (Å²) in [6, 6.07) is 12.9. The first-order chi connectivity index (χ1) is 11.7. The van der Waals surface area contributed by atoms with Crippen molar-refractivity contribution in [2.45, 2.75) is 12.8 Å². The Morgan fingerprint density at radius 3 is 2.75 bits per heavy atom. The number of hydrogen-bond donors (Lipinski definition) is 2. The number of rotatable bonds is 5. The van der Waals surface area contributed by atoms with E-state index in [0.29, 0.717) is 21.7 Å². The van der Waals surface area contributed by atoms with Crippen LogP contribution in [0.3, 0.4) is 0 Å². The lowest BCUT2D eigenvalue weighted by atomic mass is 10.1. The van der Waals surface area contributed by atoms with E-state index < -0.39 is 0 Å². The van der Waals surface area contributed by atoms with Crippen molar-refractivity contribution in [3.63, 3.8) is 0 Å². The predicted octanol–water partition coefficient (Wildman–Crippen LogP) is 4.77. The molecule has 0 aliphatic rings. The molecule has 0 aliphatic heterocycles. The summed E-state index contributed by atoms with van der Waals surface area (Å²) in [6.45, 7) is 0.594. The Bertz CT molecular complexity index is 944. The van der Waals surface area contributed by atoms with Crippen molar-refractivity contribution in [1.29, 1.82) is 0 Å². The van der Waals surface area contributed by atoms with Crippen LogP contribution in [0.4, 0.5) is 5.69 Å². The number of amides is 1. The minimum absolute atomic E-state index is 0.369. The van der Waals surface area contributed by atoms with E-state index in [9.17, 15) is 4.79 Å². The molecule has 5 nitrogen and oxygen atoms in total. The number of thiazole rings is 1. The molecule has 0 unspecified atom stereocenters. The lowest BCUT2D eigenvalue weighted by Gasteiger charge is -2.05. The van der Waals surface area contributed by atoms with Gasteiger partial charge >= 0.3 is 0 Å². The Kier molecular flexibility index (Phi) is 5.24. The van der Waals surface area contributed by atoms with Crippen LogP contribution in [-0.2, 0) is 6.42 Å². The van der Waals surface area contributed by atoms with Crippen LogP contribution in [0.25, 0.3) is 10.2 Å². The number of nitrogens with two attached hydrogens (primary N) is 1. The van der Waals surface area contributed by atoms with Crippen LogP contribution in [0, 0.1) is 3.95 Å². The molecule has 24 heavy (non-hydrogen) atoms. The first-order valence-corrected chi connectivity index (χ1v) is 8.77. The zero-order chi connectivity index (χ0) is 16.9. The molecule has 1 aromatic heterocycles. The molecular formula is C17H16N4OS2. The minimum Gasteiger partial charge on any atom is -0.335 e. The van der Waals surface area contributed by atoms with Gasteiger partial charge in [0.15, 0.2) is 3.95 Å². The second-order valence-electron chi connectivity index (χ2n) is 5.22. The van der Waals surface area contributed by atoms with Crippen molar-refractivity contribution < 1.29 is 4.79 Å². The van der Waals surface area contributed by atoms with Crippen molar-refractivity contribution in [1.82, 2.24) is 4.98 Å². The van der Waals surface area contributed by atoms with Gasteiger partial charge in [-0.1, -0.05) is 24.3 Å². The summed E-state index contributed by atoms with van der Waals surface area (Å²) < 4.78 is 1.67. The molecule has 0 bridgehead atoms. The van der Waals surface area contributed by atoms with E-state index in [1.807, 2.05) is 18.2 Å². The van der Waals surface area contributed by atoms with Crippen LogP contribution in [0.5, 0.6) is 0 Å². The maximum atomic E-state index is 12.2. The standard InChI is InChI=1S/C17H16N4OS2/c18-10-4-7-11-8-9-13-15(19-17(23)24-13)14(11)20-21-16(22)12-5-2-1-3-6-12/h1-3,5-6,8-9H,4,7,10,18H2,(H,19,23).